The molecule has 130 valence electrons. The number of aryl methyl sites for hydroxylation is 1. The quantitative estimate of drug-likeness (QED) is 0.507. The van der Waals surface area contributed by atoms with Crippen molar-refractivity contribution < 1.29 is 10.2 Å². The Bertz CT molecular complexity index is 668. The van der Waals surface area contributed by atoms with Crippen LogP contribution in [-0.4, -0.2) is 27.2 Å². The van der Waals surface area contributed by atoms with Gasteiger partial charge in [0.25, 0.3) is 0 Å². The average molecular weight is 346 g/mol. The van der Waals surface area contributed by atoms with Gasteiger partial charge in [-0.25, -0.2) is 0 Å². The molecule has 0 bridgehead atoms. The summed E-state index contributed by atoms with van der Waals surface area (Å²) in [5, 5.41) is 19.1. The first kappa shape index (κ1) is 18.7. The van der Waals surface area contributed by atoms with Crippen molar-refractivity contribution in [3.05, 3.63) is 53.6 Å². The standard InChI is InChI=1S/C20H27NO2S/c1-4-21(14-16-5-8-17(24)9-6-16)20(2,3)12-11-15-7-10-18(22)19(23)13-15/h5-10,13,22-24H,4,11-12,14H2,1-3H3. The van der Waals surface area contributed by atoms with Crippen LogP contribution in [0.1, 0.15) is 38.3 Å². The maximum atomic E-state index is 9.64. The third-order valence-electron chi connectivity index (χ3n) is 4.61. The Morgan fingerprint density at radius 2 is 1.58 bits per heavy atom. The summed E-state index contributed by atoms with van der Waals surface area (Å²) in [7, 11) is 0. The van der Waals surface area contributed by atoms with Crippen molar-refractivity contribution in [3.8, 4) is 11.5 Å². The fraction of sp³-hybridized carbons (Fsp3) is 0.400. The summed E-state index contributed by atoms with van der Waals surface area (Å²) in [4.78, 5) is 3.44. The van der Waals surface area contributed by atoms with Gasteiger partial charge in [-0.15, -0.1) is 12.6 Å². The Morgan fingerprint density at radius 1 is 0.958 bits per heavy atom. The fourth-order valence-electron chi connectivity index (χ4n) is 2.91. The summed E-state index contributed by atoms with van der Waals surface area (Å²) < 4.78 is 0. The average Bonchev–Trinajstić information content (AvgIpc) is 2.55. The van der Waals surface area contributed by atoms with Crippen LogP contribution in [0.5, 0.6) is 11.5 Å². The summed E-state index contributed by atoms with van der Waals surface area (Å²) >= 11 is 4.34. The molecule has 0 fully saturated rings. The highest BCUT2D eigenvalue weighted by atomic mass is 32.1. The number of nitrogens with zero attached hydrogens (tertiary/aromatic N) is 1. The van der Waals surface area contributed by atoms with E-state index < -0.39 is 0 Å². The first-order chi connectivity index (χ1) is 11.3. The molecule has 3 nitrogen and oxygen atoms in total. The third-order valence-corrected chi connectivity index (χ3v) is 4.91. The van der Waals surface area contributed by atoms with Crippen LogP contribution in [0.15, 0.2) is 47.4 Å². The molecule has 2 rings (SSSR count). The number of benzene rings is 2. The minimum atomic E-state index is -0.0687. The molecule has 24 heavy (non-hydrogen) atoms. The molecule has 0 aromatic heterocycles. The third kappa shape index (κ3) is 4.92. The van der Waals surface area contributed by atoms with Crippen LogP contribution in [-0.2, 0) is 13.0 Å². The first-order valence-electron chi connectivity index (χ1n) is 8.35. The Kier molecular flexibility index (Phi) is 6.19. The molecule has 0 spiro atoms. The van der Waals surface area contributed by atoms with Crippen molar-refractivity contribution in [2.75, 3.05) is 6.54 Å². The van der Waals surface area contributed by atoms with Crippen molar-refractivity contribution >= 4 is 12.6 Å². The van der Waals surface area contributed by atoms with E-state index in [4.69, 9.17) is 0 Å². The highest BCUT2D eigenvalue weighted by molar-refractivity contribution is 7.80. The number of aromatic hydroxyl groups is 2. The monoisotopic (exact) mass is 345 g/mol. The van der Waals surface area contributed by atoms with Gasteiger partial charge < -0.3 is 10.2 Å². The Hall–Kier alpha value is -1.65. The smallest absolute Gasteiger partial charge is 0.157 e. The van der Waals surface area contributed by atoms with E-state index in [1.54, 1.807) is 12.1 Å². The minimum absolute atomic E-state index is 0.0297. The fourth-order valence-corrected chi connectivity index (χ4v) is 3.06. The topological polar surface area (TPSA) is 43.7 Å². The summed E-state index contributed by atoms with van der Waals surface area (Å²) in [6.45, 7) is 8.56. The van der Waals surface area contributed by atoms with Gasteiger partial charge in [0.15, 0.2) is 11.5 Å². The predicted molar refractivity (Wildman–Crippen MR) is 102 cm³/mol. The molecule has 0 saturated heterocycles. The van der Waals surface area contributed by atoms with Crippen molar-refractivity contribution in [1.29, 1.82) is 0 Å². The molecule has 0 atom stereocenters. The predicted octanol–water partition coefficient (Wildman–Crippen LogP) is 4.62. The van der Waals surface area contributed by atoms with Crippen molar-refractivity contribution in [2.45, 2.75) is 50.6 Å². The van der Waals surface area contributed by atoms with Gasteiger partial charge >= 0.3 is 0 Å². The van der Waals surface area contributed by atoms with Crippen LogP contribution in [0.4, 0.5) is 0 Å². The molecule has 2 N–H and O–H groups in total. The molecule has 0 aliphatic heterocycles. The van der Waals surface area contributed by atoms with Crippen molar-refractivity contribution in [3.63, 3.8) is 0 Å². The molecule has 0 aliphatic rings. The van der Waals surface area contributed by atoms with Gasteiger partial charge in [0.1, 0.15) is 0 Å². The Morgan fingerprint density at radius 3 is 2.17 bits per heavy atom. The molecule has 0 heterocycles. The molecule has 0 aliphatic carbocycles. The number of hydrogen-bond acceptors (Lipinski definition) is 4. The number of rotatable bonds is 7. The number of hydrogen-bond donors (Lipinski definition) is 3. The SMILES string of the molecule is CCN(Cc1ccc(S)cc1)C(C)(C)CCc1ccc(O)c(O)c1. The van der Waals surface area contributed by atoms with Crippen molar-refractivity contribution in [1.82, 2.24) is 4.90 Å². The molecule has 2 aromatic carbocycles. The lowest BCUT2D eigenvalue weighted by Crippen LogP contribution is -2.43. The normalized spacial score (nSPS) is 11.9. The largest absolute Gasteiger partial charge is 0.504 e. The first-order valence-corrected chi connectivity index (χ1v) is 8.80. The second-order valence-electron chi connectivity index (χ2n) is 6.82. The van der Waals surface area contributed by atoms with Gasteiger partial charge in [0.2, 0.25) is 0 Å². The zero-order chi connectivity index (χ0) is 17.7. The van der Waals surface area contributed by atoms with E-state index in [1.807, 2.05) is 18.2 Å². The summed E-state index contributed by atoms with van der Waals surface area (Å²) in [6.07, 6.45) is 1.82. The van der Waals surface area contributed by atoms with E-state index in [0.717, 1.165) is 36.4 Å². The van der Waals surface area contributed by atoms with Gasteiger partial charge in [0, 0.05) is 17.0 Å². The second-order valence-corrected chi connectivity index (χ2v) is 7.33. The molecule has 0 radical (unpaired) electrons. The van der Waals surface area contributed by atoms with Gasteiger partial charge in [-0.1, -0.05) is 25.1 Å². The van der Waals surface area contributed by atoms with Gasteiger partial charge in [-0.2, -0.15) is 0 Å². The van der Waals surface area contributed by atoms with Crippen LogP contribution in [0.2, 0.25) is 0 Å². The minimum Gasteiger partial charge on any atom is -0.504 e. The highest BCUT2D eigenvalue weighted by Gasteiger charge is 2.25. The molecule has 4 heteroatoms. The van der Waals surface area contributed by atoms with Gasteiger partial charge in [0.05, 0.1) is 0 Å². The van der Waals surface area contributed by atoms with E-state index in [9.17, 15) is 10.2 Å². The maximum Gasteiger partial charge on any atom is 0.157 e. The summed E-state index contributed by atoms with van der Waals surface area (Å²) in [5.74, 6) is -0.120. The zero-order valence-corrected chi connectivity index (χ0v) is 15.6. The highest BCUT2D eigenvalue weighted by Crippen LogP contribution is 2.28. The molecular formula is C20H27NO2S. The van der Waals surface area contributed by atoms with E-state index in [-0.39, 0.29) is 17.0 Å². The lowest BCUT2D eigenvalue weighted by molar-refractivity contribution is 0.109. The summed E-state index contributed by atoms with van der Waals surface area (Å²) in [5.41, 5.74) is 2.35. The van der Waals surface area contributed by atoms with Gasteiger partial charge in [-0.3, -0.25) is 4.90 Å². The van der Waals surface area contributed by atoms with Crippen LogP contribution in [0.3, 0.4) is 0 Å². The Balaban J connectivity index is 2.02. The maximum absolute atomic E-state index is 9.64. The van der Waals surface area contributed by atoms with Gasteiger partial charge in [-0.05, 0) is 68.6 Å². The van der Waals surface area contributed by atoms with E-state index in [1.165, 1.54) is 5.56 Å². The molecule has 0 unspecified atom stereocenters. The van der Waals surface area contributed by atoms with E-state index >= 15 is 0 Å². The second kappa shape index (κ2) is 7.95. The molecule has 0 amide bonds. The number of phenolic OH excluding ortho intramolecular Hbond substituents is 2. The Labute approximate surface area is 150 Å². The molecule has 2 aromatic rings. The van der Waals surface area contributed by atoms with E-state index in [2.05, 4.69) is 50.4 Å². The van der Waals surface area contributed by atoms with Crippen LogP contribution in [0.25, 0.3) is 0 Å². The zero-order valence-electron chi connectivity index (χ0n) is 14.7. The number of thiol groups is 1. The molecular weight excluding hydrogens is 318 g/mol. The van der Waals surface area contributed by atoms with Crippen LogP contribution < -0.4 is 0 Å². The molecule has 0 saturated carbocycles. The van der Waals surface area contributed by atoms with Crippen LogP contribution in [0, 0.1) is 0 Å². The van der Waals surface area contributed by atoms with Crippen molar-refractivity contribution in [2.24, 2.45) is 0 Å². The lowest BCUT2D eigenvalue weighted by Gasteiger charge is -2.38. The summed E-state index contributed by atoms with van der Waals surface area (Å²) in [6, 6.07) is 13.4. The van der Waals surface area contributed by atoms with E-state index in [0.29, 0.717) is 0 Å². The van der Waals surface area contributed by atoms with Crippen LogP contribution >= 0.6 is 12.6 Å². The lowest BCUT2D eigenvalue weighted by atomic mass is 9.92. The number of phenols is 2.